The van der Waals surface area contributed by atoms with Crippen LogP contribution in [0, 0.1) is 0 Å². The van der Waals surface area contributed by atoms with Crippen LogP contribution in [0.2, 0.25) is 0 Å². The third-order valence-corrected chi connectivity index (χ3v) is 3.19. The summed E-state index contributed by atoms with van der Waals surface area (Å²) in [6.07, 6.45) is 0.668. The average molecular weight is 350 g/mol. The Bertz CT molecular complexity index is 338. The van der Waals surface area contributed by atoms with Crippen molar-refractivity contribution in [3.05, 3.63) is 0 Å². The van der Waals surface area contributed by atoms with Crippen LogP contribution in [0.5, 0.6) is 0 Å². The van der Waals surface area contributed by atoms with Gasteiger partial charge < -0.3 is 39.0 Å². The molecule has 0 spiro atoms. The number of rotatable bonds is 10. The van der Waals surface area contributed by atoms with Gasteiger partial charge in [0, 0.05) is 0 Å². The number of hydrogen-bond acceptors (Lipinski definition) is 6. The molecule has 0 aliphatic heterocycles. The minimum absolute atomic E-state index is 1.11. The van der Waals surface area contributed by atoms with Crippen molar-refractivity contribution in [3.63, 3.8) is 0 Å². The molecule has 8 heteroatoms. The lowest BCUT2D eigenvalue weighted by molar-refractivity contribution is -0.871. The predicted molar refractivity (Wildman–Crippen MR) is 86.3 cm³/mol. The van der Waals surface area contributed by atoms with Crippen molar-refractivity contribution >= 4 is 11.9 Å². The molecule has 0 aliphatic carbocycles. The summed E-state index contributed by atoms with van der Waals surface area (Å²) in [5, 5.41) is 35.7. The molecular formula is C16H34N2O6. The lowest BCUT2D eigenvalue weighted by Gasteiger charge is -2.25. The van der Waals surface area contributed by atoms with Crippen LogP contribution < -0.4 is 10.2 Å². The van der Waals surface area contributed by atoms with E-state index in [0.29, 0.717) is 0 Å². The van der Waals surface area contributed by atoms with Crippen molar-refractivity contribution in [1.29, 1.82) is 0 Å². The zero-order valence-corrected chi connectivity index (χ0v) is 15.8. The first-order valence-corrected chi connectivity index (χ1v) is 8.06. The second-order valence-electron chi connectivity index (χ2n) is 7.97. The Morgan fingerprint density at radius 2 is 0.958 bits per heavy atom. The maximum atomic E-state index is 9.63. The number of aliphatic carboxylic acids is 2. The normalized spacial score (nSPS) is 14.3. The Hall–Kier alpha value is -1.22. The van der Waals surface area contributed by atoms with Gasteiger partial charge in [-0.05, 0) is 25.7 Å². The molecule has 0 amide bonds. The zero-order valence-electron chi connectivity index (χ0n) is 15.8. The number of hydrogen-bond donors (Lipinski definition) is 2. The highest BCUT2D eigenvalue weighted by Gasteiger charge is 2.17. The highest BCUT2D eigenvalue weighted by Crippen LogP contribution is 2.05. The molecule has 0 fully saturated rings. The summed E-state index contributed by atoms with van der Waals surface area (Å²) in [5.74, 6) is -4.12. The topological polar surface area (TPSA) is 121 Å². The van der Waals surface area contributed by atoms with Crippen molar-refractivity contribution in [2.75, 3.05) is 55.4 Å². The van der Waals surface area contributed by atoms with Gasteiger partial charge in [-0.2, -0.15) is 0 Å². The number of carboxylic acids is 2. The Labute approximate surface area is 145 Å². The van der Waals surface area contributed by atoms with E-state index in [2.05, 4.69) is 42.3 Å². The van der Waals surface area contributed by atoms with Crippen LogP contribution in [-0.4, -0.2) is 98.7 Å². The highest BCUT2D eigenvalue weighted by atomic mass is 16.4. The van der Waals surface area contributed by atoms with Crippen molar-refractivity contribution in [3.8, 4) is 0 Å². The number of carboxylic acid groups (broad SMARTS) is 2. The predicted octanol–water partition coefficient (Wildman–Crippen LogP) is -2.83. The molecular weight excluding hydrogens is 316 g/mol. The van der Waals surface area contributed by atoms with Gasteiger partial charge in [0.2, 0.25) is 0 Å². The molecule has 0 rings (SSSR count). The Morgan fingerprint density at radius 1 is 0.708 bits per heavy atom. The van der Waals surface area contributed by atoms with Gasteiger partial charge in [0.05, 0.1) is 67.3 Å². The quantitative estimate of drug-likeness (QED) is 0.324. The number of unbranched alkanes of at least 4 members (excludes halogenated alkanes) is 3. The van der Waals surface area contributed by atoms with Crippen LogP contribution in [-0.2, 0) is 9.59 Å². The molecule has 144 valence electrons. The minimum atomic E-state index is -2.44. The van der Waals surface area contributed by atoms with E-state index in [0.717, 1.165) is 8.97 Å². The molecule has 8 nitrogen and oxygen atoms in total. The molecule has 0 aromatic rings. The Morgan fingerprint density at radius 3 is 1.12 bits per heavy atom. The molecule has 2 N–H and O–H groups in total. The molecule has 0 unspecified atom stereocenters. The van der Waals surface area contributed by atoms with Gasteiger partial charge in [-0.15, -0.1) is 0 Å². The van der Waals surface area contributed by atoms with E-state index < -0.39 is 24.1 Å². The smallest absolute Gasteiger partial charge is 0.124 e. The Kier molecular flexibility index (Phi) is 11.8. The SMILES string of the molecule is C[N+](C)(C)CCCCCC[N+](C)(C)C.O=C([O-])[C@H](O)[C@@H](O)C(=O)[O-]. The molecule has 24 heavy (non-hydrogen) atoms. The standard InChI is InChI=1S/C12H30N2.C4H6O6/c1-13(2,3)11-9-7-8-10-12-14(4,5)6;5-1(3(7)8)2(6)4(9)10/h7-12H2,1-6H3;1-2,5-6H,(H,7,8)(H,9,10)/q+2;/p-2/t;1-,2-/m.1/s1. The fraction of sp³-hybridized carbons (Fsp3) is 0.875. The van der Waals surface area contributed by atoms with E-state index in [1.165, 1.54) is 38.8 Å². The maximum absolute atomic E-state index is 9.63. The third-order valence-electron chi connectivity index (χ3n) is 3.19. The molecule has 0 aliphatic rings. The molecule has 0 saturated carbocycles. The first kappa shape index (κ1) is 25.0. The lowest BCUT2D eigenvalue weighted by Crippen LogP contribution is -2.51. The number of quaternary nitrogens is 2. The number of carbonyl (C=O) groups is 2. The largest absolute Gasteiger partial charge is 0.547 e. The van der Waals surface area contributed by atoms with Crippen LogP contribution in [0.4, 0.5) is 0 Å². The summed E-state index contributed by atoms with van der Waals surface area (Å²) in [6.45, 7) is 2.62. The van der Waals surface area contributed by atoms with Crippen LogP contribution in [0.1, 0.15) is 25.7 Å². The average Bonchev–Trinajstić information content (AvgIpc) is 2.39. The number of aliphatic hydroxyl groups is 2. The van der Waals surface area contributed by atoms with Crippen molar-refractivity contribution in [2.45, 2.75) is 37.9 Å². The summed E-state index contributed by atoms with van der Waals surface area (Å²) < 4.78 is 2.21. The minimum Gasteiger partial charge on any atom is -0.547 e. The molecule has 0 bridgehead atoms. The second kappa shape index (κ2) is 11.4. The Balaban J connectivity index is 0. The van der Waals surface area contributed by atoms with Gasteiger partial charge in [0.25, 0.3) is 0 Å². The number of carbonyl (C=O) groups excluding carboxylic acids is 2. The monoisotopic (exact) mass is 350 g/mol. The lowest BCUT2D eigenvalue weighted by atomic mass is 10.1. The first-order chi connectivity index (χ1) is 10.7. The molecule has 0 radical (unpaired) electrons. The van der Waals surface area contributed by atoms with Crippen molar-refractivity contribution in [2.24, 2.45) is 0 Å². The fourth-order valence-corrected chi connectivity index (χ4v) is 1.78. The number of nitrogens with zero attached hydrogens (tertiary/aromatic N) is 2. The van der Waals surface area contributed by atoms with Crippen LogP contribution in [0.3, 0.4) is 0 Å². The molecule has 0 saturated heterocycles. The fourth-order valence-electron chi connectivity index (χ4n) is 1.78. The first-order valence-electron chi connectivity index (χ1n) is 8.06. The summed E-state index contributed by atoms with van der Waals surface area (Å²) in [4.78, 5) is 19.3. The van der Waals surface area contributed by atoms with Crippen LogP contribution >= 0.6 is 0 Å². The molecule has 0 aromatic carbocycles. The summed E-state index contributed by atoms with van der Waals surface area (Å²) in [5.41, 5.74) is 0. The van der Waals surface area contributed by atoms with E-state index in [-0.39, 0.29) is 0 Å². The van der Waals surface area contributed by atoms with E-state index in [4.69, 9.17) is 10.2 Å². The molecule has 0 heterocycles. The van der Waals surface area contributed by atoms with Gasteiger partial charge in [-0.3, -0.25) is 0 Å². The summed E-state index contributed by atoms with van der Waals surface area (Å²) >= 11 is 0. The summed E-state index contributed by atoms with van der Waals surface area (Å²) in [6, 6.07) is 0. The van der Waals surface area contributed by atoms with E-state index >= 15 is 0 Å². The van der Waals surface area contributed by atoms with E-state index in [1.807, 2.05) is 0 Å². The van der Waals surface area contributed by atoms with E-state index in [1.54, 1.807) is 0 Å². The maximum Gasteiger partial charge on any atom is 0.124 e. The van der Waals surface area contributed by atoms with Gasteiger partial charge in [-0.25, -0.2) is 0 Å². The van der Waals surface area contributed by atoms with Crippen molar-refractivity contribution in [1.82, 2.24) is 0 Å². The zero-order chi connectivity index (χ0) is 19.6. The molecule has 0 aromatic heterocycles. The number of aliphatic hydroxyl groups excluding tert-OH is 2. The van der Waals surface area contributed by atoms with Gasteiger partial charge in [0.15, 0.2) is 0 Å². The highest BCUT2D eigenvalue weighted by molar-refractivity contribution is 5.80. The van der Waals surface area contributed by atoms with Crippen LogP contribution in [0.15, 0.2) is 0 Å². The van der Waals surface area contributed by atoms with Gasteiger partial charge in [-0.1, -0.05) is 0 Å². The summed E-state index contributed by atoms with van der Waals surface area (Å²) in [7, 11) is 13.6. The van der Waals surface area contributed by atoms with Crippen molar-refractivity contribution < 1.29 is 39.0 Å². The second-order valence-corrected chi connectivity index (χ2v) is 7.97. The van der Waals surface area contributed by atoms with Gasteiger partial charge >= 0.3 is 0 Å². The van der Waals surface area contributed by atoms with Gasteiger partial charge in [0.1, 0.15) is 12.2 Å². The van der Waals surface area contributed by atoms with E-state index in [9.17, 15) is 19.8 Å². The van der Waals surface area contributed by atoms with Crippen LogP contribution in [0.25, 0.3) is 0 Å². The molecule has 2 atom stereocenters. The third kappa shape index (κ3) is 17.1.